The fourth-order valence-electron chi connectivity index (χ4n) is 1.90. The van der Waals surface area contributed by atoms with Crippen LogP contribution in [-0.2, 0) is 13.5 Å². The molecule has 0 amide bonds. The average Bonchev–Trinajstić information content (AvgIpc) is 2.86. The largest absolute Gasteiger partial charge is 0.492 e. The molecule has 0 aliphatic carbocycles. The van der Waals surface area contributed by atoms with Gasteiger partial charge in [-0.2, -0.15) is 5.10 Å². The van der Waals surface area contributed by atoms with Crippen LogP contribution in [0.3, 0.4) is 0 Å². The van der Waals surface area contributed by atoms with E-state index in [-0.39, 0.29) is 5.78 Å². The Kier molecular flexibility index (Phi) is 4.50. The summed E-state index contributed by atoms with van der Waals surface area (Å²) >= 11 is 0. The number of pyridine rings is 1. The fourth-order valence-corrected chi connectivity index (χ4v) is 1.90. The van der Waals surface area contributed by atoms with Crippen LogP contribution in [0.25, 0.3) is 0 Å². The number of nitrogens with zero attached hydrogens (tertiary/aromatic N) is 3. The van der Waals surface area contributed by atoms with Crippen LogP contribution in [0, 0.1) is 0 Å². The zero-order valence-electron chi connectivity index (χ0n) is 12.1. The molecular weight excluding hydrogens is 254 g/mol. The third-order valence-corrected chi connectivity index (χ3v) is 2.97. The van der Waals surface area contributed by atoms with Gasteiger partial charge in [-0.25, -0.2) is 0 Å². The number of carbonyl (C=O) groups is 1. The molecule has 0 aliphatic heterocycles. The highest BCUT2D eigenvalue weighted by atomic mass is 16.5. The molecule has 2 heterocycles. The molecule has 0 saturated heterocycles. The van der Waals surface area contributed by atoms with Gasteiger partial charge in [-0.1, -0.05) is 13.8 Å². The van der Waals surface area contributed by atoms with Crippen molar-refractivity contribution in [3.8, 4) is 5.75 Å². The molecule has 0 aromatic carbocycles. The molecule has 0 unspecified atom stereocenters. The summed E-state index contributed by atoms with van der Waals surface area (Å²) in [6, 6.07) is 3.55. The predicted octanol–water partition coefficient (Wildman–Crippen LogP) is 2.40. The number of aryl methyl sites for hydroxylation is 2. The van der Waals surface area contributed by atoms with Crippen molar-refractivity contribution in [3.05, 3.63) is 41.5 Å². The maximum atomic E-state index is 12.5. The number of ether oxygens (including phenoxy) is 1. The van der Waals surface area contributed by atoms with Gasteiger partial charge in [-0.05, 0) is 25.0 Å². The van der Waals surface area contributed by atoms with Crippen molar-refractivity contribution in [2.24, 2.45) is 7.05 Å². The van der Waals surface area contributed by atoms with Crippen LogP contribution >= 0.6 is 0 Å². The monoisotopic (exact) mass is 273 g/mol. The van der Waals surface area contributed by atoms with Gasteiger partial charge in [0.25, 0.3) is 0 Å². The van der Waals surface area contributed by atoms with Gasteiger partial charge in [0.2, 0.25) is 5.78 Å². The molecule has 0 spiro atoms. The molecule has 0 saturated carbocycles. The molecule has 0 radical (unpaired) electrons. The van der Waals surface area contributed by atoms with Crippen LogP contribution in [-0.4, -0.2) is 27.2 Å². The number of carbonyl (C=O) groups excluding carboxylic acids is 1. The van der Waals surface area contributed by atoms with Crippen LogP contribution in [0.1, 0.15) is 42.0 Å². The van der Waals surface area contributed by atoms with Gasteiger partial charge >= 0.3 is 0 Å². The van der Waals surface area contributed by atoms with E-state index >= 15 is 0 Å². The first-order valence-electron chi connectivity index (χ1n) is 6.81. The molecule has 0 atom stereocenters. The van der Waals surface area contributed by atoms with Crippen LogP contribution < -0.4 is 4.74 Å². The molecule has 2 rings (SSSR count). The van der Waals surface area contributed by atoms with E-state index in [1.807, 2.05) is 19.9 Å². The van der Waals surface area contributed by atoms with Crippen LogP contribution in [0.2, 0.25) is 0 Å². The van der Waals surface area contributed by atoms with Crippen molar-refractivity contribution in [2.75, 3.05) is 6.61 Å². The molecular formula is C15H19N3O2. The summed E-state index contributed by atoms with van der Waals surface area (Å²) < 4.78 is 7.11. The summed E-state index contributed by atoms with van der Waals surface area (Å²) in [5.41, 5.74) is 1.99. The van der Waals surface area contributed by atoms with E-state index in [4.69, 9.17) is 4.74 Å². The minimum Gasteiger partial charge on any atom is -0.492 e. The summed E-state index contributed by atoms with van der Waals surface area (Å²) in [6.07, 6.45) is 4.89. The molecule has 0 fully saturated rings. The number of ketones is 1. The Morgan fingerprint density at radius 1 is 1.30 bits per heavy atom. The van der Waals surface area contributed by atoms with Crippen molar-refractivity contribution in [2.45, 2.75) is 26.7 Å². The Hall–Kier alpha value is -2.17. The summed E-state index contributed by atoms with van der Waals surface area (Å²) in [5, 5.41) is 4.29. The van der Waals surface area contributed by atoms with E-state index in [1.165, 1.54) is 0 Å². The summed E-state index contributed by atoms with van der Waals surface area (Å²) in [7, 11) is 1.78. The second-order valence-corrected chi connectivity index (χ2v) is 4.58. The van der Waals surface area contributed by atoms with Gasteiger partial charge in [-0.15, -0.1) is 0 Å². The lowest BCUT2D eigenvalue weighted by atomic mass is 10.1. The molecule has 2 aromatic heterocycles. The highest BCUT2D eigenvalue weighted by molar-refractivity contribution is 6.07. The molecule has 106 valence electrons. The van der Waals surface area contributed by atoms with Crippen molar-refractivity contribution in [1.29, 1.82) is 0 Å². The summed E-state index contributed by atoms with van der Waals surface area (Å²) in [5.74, 6) is 0.532. The average molecular weight is 273 g/mol. The quantitative estimate of drug-likeness (QED) is 0.758. The Balaban J connectivity index is 2.26. The van der Waals surface area contributed by atoms with Gasteiger partial charge in [0, 0.05) is 18.8 Å². The minimum atomic E-state index is -0.0888. The molecule has 20 heavy (non-hydrogen) atoms. The molecule has 0 aliphatic rings. The lowest BCUT2D eigenvalue weighted by Crippen LogP contribution is -2.09. The summed E-state index contributed by atoms with van der Waals surface area (Å²) in [4.78, 5) is 16.5. The zero-order chi connectivity index (χ0) is 14.5. The maximum Gasteiger partial charge on any atom is 0.212 e. The predicted molar refractivity (Wildman–Crippen MR) is 76.0 cm³/mol. The topological polar surface area (TPSA) is 57.0 Å². The van der Waals surface area contributed by atoms with E-state index in [9.17, 15) is 4.79 Å². The van der Waals surface area contributed by atoms with Crippen LogP contribution in [0.15, 0.2) is 24.5 Å². The van der Waals surface area contributed by atoms with Gasteiger partial charge in [0.05, 0.1) is 18.5 Å². The van der Waals surface area contributed by atoms with E-state index in [0.29, 0.717) is 23.6 Å². The van der Waals surface area contributed by atoms with Gasteiger partial charge in [0.1, 0.15) is 11.4 Å². The van der Waals surface area contributed by atoms with E-state index < -0.39 is 0 Å². The van der Waals surface area contributed by atoms with Crippen LogP contribution in [0.4, 0.5) is 0 Å². The lowest BCUT2D eigenvalue weighted by molar-refractivity contribution is 0.102. The summed E-state index contributed by atoms with van der Waals surface area (Å²) in [6.45, 7) is 4.66. The number of hydrogen-bond acceptors (Lipinski definition) is 4. The lowest BCUT2D eigenvalue weighted by Gasteiger charge is -2.06. The second kappa shape index (κ2) is 6.32. The minimum absolute atomic E-state index is 0.0888. The van der Waals surface area contributed by atoms with Gasteiger partial charge < -0.3 is 4.74 Å². The maximum absolute atomic E-state index is 12.5. The van der Waals surface area contributed by atoms with Crippen molar-refractivity contribution < 1.29 is 9.53 Å². The van der Waals surface area contributed by atoms with E-state index in [1.54, 1.807) is 30.2 Å². The van der Waals surface area contributed by atoms with E-state index in [2.05, 4.69) is 10.1 Å². The Labute approximate surface area is 118 Å². The molecule has 0 bridgehead atoms. The van der Waals surface area contributed by atoms with Gasteiger partial charge in [-0.3, -0.25) is 14.5 Å². The van der Waals surface area contributed by atoms with E-state index in [0.717, 1.165) is 18.5 Å². The van der Waals surface area contributed by atoms with Crippen molar-refractivity contribution in [1.82, 2.24) is 14.8 Å². The first-order valence-corrected chi connectivity index (χ1v) is 6.81. The SMILES string of the molecule is CCCOc1cncc(C(=O)c2cc(CC)nn2C)c1. The number of hydrogen-bond donors (Lipinski definition) is 0. The number of rotatable bonds is 6. The molecule has 5 nitrogen and oxygen atoms in total. The Morgan fingerprint density at radius 3 is 2.75 bits per heavy atom. The fraction of sp³-hybridized carbons (Fsp3) is 0.400. The van der Waals surface area contributed by atoms with Crippen molar-refractivity contribution >= 4 is 5.78 Å². The highest BCUT2D eigenvalue weighted by Crippen LogP contribution is 2.16. The smallest absolute Gasteiger partial charge is 0.212 e. The molecule has 2 aromatic rings. The highest BCUT2D eigenvalue weighted by Gasteiger charge is 2.15. The standard InChI is InChI=1S/C15H19N3O2/c1-4-6-20-13-7-11(9-16-10-13)15(19)14-8-12(5-2)17-18(14)3/h7-10H,4-6H2,1-3H3. The van der Waals surface area contributed by atoms with Crippen LogP contribution in [0.5, 0.6) is 5.75 Å². The first-order chi connectivity index (χ1) is 9.65. The molecule has 5 heteroatoms. The Bertz CT molecular complexity index is 605. The Morgan fingerprint density at radius 2 is 2.10 bits per heavy atom. The van der Waals surface area contributed by atoms with Gasteiger partial charge in [0.15, 0.2) is 0 Å². The number of aromatic nitrogens is 3. The van der Waals surface area contributed by atoms with Crippen molar-refractivity contribution in [3.63, 3.8) is 0 Å². The third-order valence-electron chi connectivity index (χ3n) is 2.97. The first kappa shape index (κ1) is 14.2. The third kappa shape index (κ3) is 3.04. The zero-order valence-corrected chi connectivity index (χ0v) is 12.1. The normalized spacial score (nSPS) is 10.6. The molecule has 0 N–H and O–H groups in total. The second-order valence-electron chi connectivity index (χ2n) is 4.58.